The van der Waals surface area contributed by atoms with E-state index >= 15 is 0 Å². The summed E-state index contributed by atoms with van der Waals surface area (Å²) >= 11 is 10.5. The molecule has 3 aromatic rings. The molecule has 124 valence electrons. The van der Waals surface area contributed by atoms with Crippen LogP contribution in [0.15, 0.2) is 72.8 Å². The van der Waals surface area contributed by atoms with Gasteiger partial charge in [0.05, 0.1) is 7.11 Å². The van der Waals surface area contributed by atoms with Crippen molar-refractivity contribution in [2.24, 2.45) is 0 Å². The molecule has 0 N–H and O–H groups in total. The van der Waals surface area contributed by atoms with Gasteiger partial charge in [-0.1, -0.05) is 91.2 Å². The molecular weight excluding hydrogens is 363 g/mol. The van der Waals surface area contributed by atoms with Gasteiger partial charge in [0.1, 0.15) is 5.75 Å². The van der Waals surface area contributed by atoms with Crippen LogP contribution in [0.4, 0.5) is 0 Å². The molecule has 0 unspecified atom stereocenters. The largest absolute Gasteiger partial charge is 0.496 e. The third-order valence-electron chi connectivity index (χ3n) is 3.94. The van der Waals surface area contributed by atoms with E-state index in [-0.39, 0.29) is 0 Å². The molecule has 4 heteroatoms. The summed E-state index contributed by atoms with van der Waals surface area (Å²) in [5, 5.41) is 7.08. The summed E-state index contributed by atoms with van der Waals surface area (Å²) in [4.78, 5) is 0. The Morgan fingerprint density at radius 2 is 1.12 bits per heavy atom. The minimum Gasteiger partial charge on any atom is -0.496 e. The summed E-state index contributed by atoms with van der Waals surface area (Å²) in [5.74, 6) is 0.881. The second kappa shape index (κ2) is 8.44. The molecule has 0 bridgehead atoms. The Morgan fingerprint density at radius 1 is 0.680 bits per heavy atom. The zero-order valence-electron chi connectivity index (χ0n) is 13.8. The highest BCUT2D eigenvalue weighted by atomic mass is 32.1. The fourth-order valence-electron chi connectivity index (χ4n) is 2.79. The van der Waals surface area contributed by atoms with Gasteiger partial charge in [0.15, 0.2) is 0 Å². The first-order chi connectivity index (χ1) is 12.3. The third-order valence-corrected chi connectivity index (χ3v) is 7.07. The lowest BCUT2D eigenvalue weighted by Crippen LogP contribution is -2.26. The zero-order chi connectivity index (χ0) is 17.6. The molecule has 3 rings (SSSR count). The van der Waals surface area contributed by atoms with Crippen LogP contribution in [0.25, 0.3) is 0 Å². The van der Waals surface area contributed by atoms with E-state index in [1.165, 1.54) is 10.6 Å². The number of benzene rings is 3. The molecular formula is C21H17OPS2. The van der Waals surface area contributed by atoms with Crippen molar-refractivity contribution in [2.45, 2.75) is 0 Å². The van der Waals surface area contributed by atoms with Gasteiger partial charge in [-0.05, 0) is 35.7 Å². The van der Waals surface area contributed by atoms with Crippen molar-refractivity contribution in [3.63, 3.8) is 0 Å². The number of para-hydroxylation sites is 1. The fraction of sp³-hybridized carbons (Fsp3) is 0.0476. The van der Waals surface area contributed by atoms with Crippen LogP contribution in [0.2, 0.25) is 0 Å². The van der Waals surface area contributed by atoms with E-state index in [2.05, 4.69) is 42.5 Å². The Balaban J connectivity index is 2.33. The first kappa shape index (κ1) is 17.9. The summed E-state index contributed by atoms with van der Waals surface area (Å²) in [6.45, 7) is 0. The van der Waals surface area contributed by atoms with Crippen LogP contribution in [-0.2, 0) is 0 Å². The Bertz CT molecular complexity index is 856. The zero-order valence-corrected chi connectivity index (χ0v) is 16.3. The van der Waals surface area contributed by atoms with Crippen molar-refractivity contribution in [1.82, 2.24) is 0 Å². The summed E-state index contributed by atoms with van der Waals surface area (Å²) in [5.41, 5.74) is 2.13. The highest BCUT2D eigenvalue weighted by Gasteiger charge is 2.23. The van der Waals surface area contributed by atoms with Crippen molar-refractivity contribution in [1.29, 1.82) is 0 Å². The van der Waals surface area contributed by atoms with Crippen LogP contribution in [0.1, 0.15) is 11.1 Å². The molecule has 0 saturated carbocycles. The van der Waals surface area contributed by atoms with E-state index < -0.39 is 7.92 Å². The monoisotopic (exact) mass is 380 g/mol. The summed E-state index contributed by atoms with van der Waals surface area (Å²) < 4.78 is 5.66. The van der Waals surface area contributed by atoms with Crippen molar-refractivity contribution in [3.05, 3.63) is 83.9 Å². The van der Waals surface area contributed by atoms with Gasteiger partial charge in [-0.3, -0.25) is 0 Å². The molecule has 0 saturated heterocycles. The SMILES string of the molecule is COc1ccccc1P(c1ccccc1C=S)c1ccccc1C=S. The maximum atomic E-state index is 5.66. The molecule has 0 spiro atoms. The highest BCUT2D eigenvalue weighted by Crippen LogP contribution is 2.38. The molecule has 0 amide bonds. The highest BCUT2D eigenvalue weighted by molar-refractivity contribution is 7.82. The Kier molecular flexibility index (Phi) is 6.04. The van der Waals surface area contributed by atoms with Crippen molar-refractivity contribution in [3.8, 4) is 5.75 Å². The Labute approximate surface area is 160 Å². The van der Waals surface area contributed by atoms with Crippen LogP contribution in [-0.4, -0.2) is 17.8 Å². The quantitative estimate of drug-likeness (QED) is 0.470. The molecule has 0 fully saturated rings. The topological polar surface area (TPSA) is 9.23 Å². The van der Waals surface area contributed by atoms with Gasteiger partial charge >= 0.3 is 0 Å². The molecule has 1 nitrogen and oxygen atoms in total. The van der Waals surface area contributed by atoms with Crippen molar-refractivity contribution >= 4 is 59.0 Å². The molecule has 0 radical (unpaired) electrons. The smallest absolute Gasteiger partial charge is 0.127 e. The van der Waals surface area contributed by atoms with E-state index in [9.17, 15) is 0 Å². The molecule has 0 heterocycles. The minimum absolute atomic E-state index is 0.847. The van der Waals surface area contributed by atoms with E-state index in [4.69, 9.17) is 29.2 Å². The van der Waals surface area contributed by atoms with Gasteiger partial charge in [0.2, 0.25) is 0 Å². The predicted molar refractivity (Wildman–Crippen MR) is 117 cm³/mol. The summed E-state index contributed by atoms with van der Waals surface area (Å²) in [6, 6.07) is 24.7. The fourth-order valence-corrected chi connectivity index (χ4v) is 6.04. The molecule has 0 aromatic heterocycles. The van der Waals surface area contributed by atoms with Crippen LogP contribution in [0.5, 0.6) is 5.75 Å². The Hall–Kier alpha value is -1.93. The molecule has 0 aliphatic carbocycles. The van der Waals surface area contributed by atoms with Crippen molar-refractivity contribution in [2.75, 3.05) is 7.11 Å². The molecule has 3 aromatic carbocycles. The van der Waals surface area contributed by atoms with Gasteiger partial charge < -0.3 is 4.74 Å². The van der Waals surface area contributed by atoms with Gasteiger partial charge in [0.25, 0.3) is 0 Å². The first-order valence-electron chi connectivity index (χ1n) is 7.81. The van der Waals surface area contributed by atoms with E-state index in [0.29, 0.717) is 0 Å². The molecule has 0 aliphatic heterocycles. The van der Waals surface area contributed by atoms with Crippen LogP contribution < -0.4 is 20.7 Å². The third kappa shape index (κ3) is 3.69. The second-order valence-corrected chi connectivity index (χ2v) is 7.95. The predicted octanol–water partition coefficient (Wildman–Crippen LogP) is 4.15. The lowest BCUT2D eigenvalue weighted by atomic mass is 10.2. The maximum Gasteiger partial charge on any atom is 0.127 e. The van der Waals surface area contributed by atoms with E-state index in [0.717, 1.165) is 22.2 Å². The number of hydrogen-bond acceptors (Lipinski definition) is 3. The number of thiocarbonyl (C=S) groups is 2. The lowest BCUT2D eigenvalue weighted by molar-refractivity contribution is 0.418. The number of methoxy groups -OCH3 is 1. The van der Waals surface area contributed by atoms with E-state index in [1.807, 2.05) is 30.3 Å². The standard InChI is InChI=1S/C21H17OPS2/c1-22-18-10-4-7-13-21(18)23(19-11-5-2-8-16(19)14-24)20-12-6-3-9-17(20)15-25/h2-15H,1H3. The van der Waals surface area contributed by atoms with Crippen LogP contribution in [0, 0.1) is 0 Å². The van der Waals surface area contributed by atoms with E-state index in [1.54, 1.807) is 17.8 Å². The van der Waals surface area contributed by atoms with Crippen molar-refractivity contribution < 1.29 is 4.74 Å². The average Bonchev–Trinajstić information content (AvgIpc) is 2.69. The molecule has 25 heavy (non-hydrogen) atoms. The van der Waals surface area contributed by atoms with Crippen LogP contribution >= 0.6 is 32.4 Å². The number of rotatable bonds is 6. The number of ether oxygens (including phenoxy) is 1. The Morgan fingerprint density at radius 3 is 1.60 bits per heavy atom. The average molecular weight is 380 g/mol. The van der Waals surface area contributed by atoms with Gasteiger partial charge in [-0.2, -0.15) is 0 Å². The normalized spacial score (nSPS) is 10.5. The van der Waals surface area contributed by atoms with Gasteiger partial charge in [0, 0.05) is 16.0 Å². The number of hydrogen-bond donors (Lipinski definition) is 0. The summed E-state index contributed by atoms with van der Waals surface area (Å²) in [7, 11) is 0.864. The molecule has 0 atom stereocenters. The second-order valence-electron chi connectivity index (χ2n) is 5.36. The summed E-state index contributed by atoms with van der Waals surface area (Å²) in [6.07, 6.45) is 0. The first-order valence-corrected chi connectivity index (χ1v) is 10.1. The van der Waals surface area contributed by atoms with Gasteiger partial charge in [-0.25, -0.2) is 0 Å². The van der Waals surface area contributed by atoms with Gasteiger partial charge in [-0.15, -0.1) is 0 Å². The van der Waals surface area contributed by atoms with Crippen LogP contribution in [0.3, 0.4) is 0 Å². The minimum atomic E-state index is -0.847. The molecule has 0 aliphatic rings. The maximum absolute atomic E-state index is 5.66. The lowest BCUT2D eigenvalue weighted by Gasteiger charge is -2.24.